The number of anilines is 2. The van der Waals surface area contributed by atoms with Gasteiger partial charge in [0, 0.05) is 66.6 Å². The summed E-state index contributed by atoms with van der Waals surface area (Å²) >= 11 is 8.34. The minimum Gasteiger partial charge on any atom is -0.391 e. The number of hydrogen-bond donors (Lipinski definition) is 1. The molecule has 0 atom stereocenters. The molecule has 8 nitrogen and oxygen atoms in total. The van der Waals surface area contributed by atoms with E-state index >= 15 is 0 Å². The van der Waals surface area contributed by atoms with Crippen molar-refractivity contribution < 1.29 is 18.9 Å². The van der Waals surface area contributed by atoms with Gasteiger partial charge in [0.1, 0.15) is 0 Å². The molecule has 0 spiro atoms. The third-order valence-corrected chi connectivity index (χ3v) is 5.47. The molecule has 2 rings (SSSR count). The van der Waals surface area contributed by atoms with Gasteiger partial charge in [0.25, 0.3) is 0 Å². The SMILES string of the molecule is CC(=O)N(C)c1ncc(CCl)s1.CC(=O)N(C)c1ncc(CO)s1.O=S(Cl)Cl. The Labute approximate surface area is 187 Å². The number of rotatable bonds is 4. The van der Waals surface area contributed by atoms with Crippen molar-refractivity contribution in [1.29, 1.82) is 0 Å². The van der Waals surface area contributed by atoms with Gasteiger partial charge in [-0.3, -0.25) is 19.4 Å². The van der Waals surface area contributed by atoms with E-state index in [-0.39, 0.29) is 18.4 Å². The second-order valence-electron chi connectivity index (χ2n) is 4.85. The molecule has 0 unspecified atom stereocenters. The maximum absolute atomic E-state index is 10.9. The molecular formula is C14H19Cl3N4O4S3. The summed E-state index contributed by atoms with van der Waals surface area (Å²) in [4.78, 5) is 34.5. The van der Waals surface area contributed by atoms with E-state index in [4.69, 9.17) is 20.9 Å². The van der Waals surface area contributed by atoms with Gasteiger partial charge < -0.3 is 5.11 Å². The molecule has 0 fully saturated rings. The molecule has 1 N–H and O–H groups in total. The zero-order valence-electron chi connectivity index (χ0n) is 15.4. The van der Waals surface area contributed by atoms with Crippen LogP contribution in [0.25, 0.3) is 0 Å². The van der Waals surface area contributed by atoms with E-state index in [1.807, 2.05) is 0 Å². The second-order valence-corrected chi connectivity index (χ2v) is 9.83. The molecular weight excluding hydrogens is 491 g/mol. The monoisotopic (exact) mass is 508 g/mol. The van der Waals surface area contributed by atoms with Gasteiger partial charge >= 0.3 is 0 Å². The summed E-state index contributed by atoms with van der Waals surface area (Å²) < 4.78 is 9.09. The van der Waals surface area contributed by atoms with Crippen LogP contribution in [0.5, 0.6) is 0 Å². The number of nitrogens with zero attached hydrogens (tertiary/aromatic N) is 4. The Morgan fingerprint density at radius 2 is 1.39 bits per heavy atom. The van der Waals surface area contributed by atoms with Crippen molar-refractivity contribution in [2.75, 3.05) is 23.9 Å². The molecule has 0 aliphatic heterocycles. The molecule has 2 amide bonds. The van der Waals surface area contributed by atoms with E-state index in [2.05, 4.69) is 31.3 Å². The highest BCUT2D eigenvalue weighted by Crippen LogP contribution is 2.22. The normalized spacial score (nSPS) is 9.75. The Hall–Kier alpha value is -0.820. The van der Waals surface area contributed by atoms with Crippen molar-refractivity contribution in [3.05, 3.63) is 22.1 Å². The molecule has 14 heteroatoms. The topological polar surface area (TPSA) is 104 Å². The number of alkyl halides is 1. The molecule has 158 valence electrons. The van der Waals surface area contributed by atoms with Crippen LogP contribution in [-0.4, -0.2) is 45.2 Å². The fourth-order valence-corrected chi connectivity index (χ4v) is 3.08. The van der Waals surface area contributed by atoms with E-state index in [0.29, 0.717) is 16.1 Å². The zero-order chi connectivity index (χ0) is 21.9. The van der Waals surface area contributed by atoms with E-state index in [9.17, 15) is 9.59 Å². The number of halogens is 3. The summed E-state index contributed by atoms with van der Waals surface area (Å²) in [5.74, 6) is 0.364. The summed E-state index contributed by atoms with van der Waals surface area (Å²) in [6, 6.07) is 0. The van der Waals surface area contributed by atoms with E-state index < -0.39 is 9.23 Å². The number of aliphatic hydroxyl groups is 1. The lowest BCUT2D eigenvalue weighted by molar-refractivity contribution is -0.117. The van der Waals surface area contributed by atoms with Crippen molar-refractivity contribution in [3.63, 3.8) is 0 Å². The number of amides is 2. The minimum atomic E-state index is -1.67. The quantitative estimate of drug-likeness (QED) is 0.499. The number of thiazole rings is 2. The smallest absolute Gasteiger partial charge is 0.225 e. The third kappa shape index (κ3) is 10.6. The number of aliphatic hydroxyl groups excluding tert-OH is 1. The van der Waals surface area contributed by atoms with Crippen molar-refractivity contribution in [1.82, 2.24) is 9.97 Å². The van der Waals surface area contributed by atoms with Gasteiger partial charge in [0.2, 0.25) is 21.0 Å². The number of carbonyl (C=O) groups is 2. The van der Waals surface area contributed by atoms with Crippen LogP contribution >= 0.6 is 55.6 Å². The molecule has 0 aromatic carbocycles. The molecule has 2 heterocycles. The first-order valence-electron chi connectivity index (χ1n) is 7.32. The fourth-order valence-electron chi connectivity index (χ4n) is 1.31. The van der Waals surface area contributed by atoms with E-state index in [0.717, 1.165) is 9.75 Å². The molecule has 0 bridgehead atoms. The lowest BCUT2D eigenvalue weighted by atomic mass is 10.6. The first-order valence-corrected chi connectivity index (χ1v) is 12.3. The molecule has 0 saturated heterocycles. The number of hydrogen-bond acceptors (Lipinski definition) is 8. The van der Waals surface area contributed by atoms with Gasteiger partial charge in [-0.1, -0.05) is 11.3 Å². The Bertz CT molecular complexity index is 725. The second kappa shape index (κ2) is 14.2. The standard InChI is InChI=1S/C7H9ClN2OS.C7H10N2O2S.Cl2OS/c1-5(11)10(2)7-9-4-6(3-8)12-7;1-5(11)9(2)7-8-3-6(4-10)12-7;1-4(2)3/h4H,3H2,1-2H3;3,10H,4H2,1-2H3;. The lowest BCUT2D eigenvalue weighted by Crippen LogP contribution is -2.22. The van der Waals surface area contributed by atoms with Crippen LogP contribution in [0, 0.1) is 0 Å². The van der Waals surface area contributed by atoms with Crippen LogP contribution in [0.3, 0.4) is 0 Å². The van der Waals surface area contributed by atoms with Gasteiger partial charge in [-0.2, -0.15) is 0 Å². The van der Waals surface area contributed by atoms with Gasteiger partial charge in [0.05, 0.1) is 17.4 Å². The number of aromatic nitrogens is 2. The first kappa shape index (κ1) is 27.2. The highest BCUT2D eigenvalue weighted by molar-refractivity contribution is 8.26. The lowest BCUT2D eigenvalue weighted by Gasteiger charge is -2.09. The summed E-state index contributed by atoms with van der Waals surface area (Å²) in [5.41, 5.74) is 0. The van der Waals surface area contributed by atoms with Gasteiger partial charge in [-0.05, 0) is 0 Å². The molecule has 0 aliphatic rings. The van der Waals surface area contributed by atoms with Crippen LogP contribution in [0.1, 0.15) is 23.6 Å². The van der Waals surface area contributed by atoms with Crippen LogP contribution in [0.4, 0.5) is 10.3 Å². The maximum atomic E-state index is 10.9. The Morgan fingerprint density at radius 3 is 1.64 bits per heavy atom. The molecule has 0 saturated carbocycles. The van der Waals surface area contributed by atoms with Crippen molar-refractivity contribution in [2.45, 2.75) is 26.3 Å². The molecule has 2 aromatic rings. The third-order valence-electron chi connectivity index (χ3n) is 2.89. The van der Waals surface area contributed by atoms with Crippen LogP contribution < -0.4 is 9.80 Å². The van der Waals surface area contributed by atoms with Crippen molar-refractivity contribution >= 4 is 86.9 Å². The Balaban J connectivity index is 0.000000439. The maximum Gasteiger partial charge on any atom is 0.225 e. The van der Waals surface area contributed by atoms with E-state index in [1.54, 1.807) is 26.5 Å². The molecule has 28 heavy (non-hydrogen) atoms. The molecule has 2 aromatic heterocycles. The fraction of sp³-hybridized carbons (Fsp3) is 0.429. The predicted octanol–water partition coefficient (Wildman–Crippen LogP) is 3.53. The Kier molecular flexibility index (Phi) is 13.8. The largest absolute Gasteiger partial charge is 0.391 e. The summed E-state index contributed by atoms with van der Waals surface area (Å²) in [5, 5.41) is 10.0. The van der Waals surface area contributed by atoms with Crippen molar-refractivity contribution in [3.8, 4) is 0 Å². The highest BCUT2D eigenvalue weighted by atomic mass is 36.0. The van der Waals surface area contributed by atoms with Gasteiger partial charge in [-0.25, -0.2) is 14.2 Å². The average Bonchev–Trinajstić information content (AvgIpc) is 3.29. The first-order chi connectivity index (χ1) is 13.0. The minimum absolute atomic E-state index is 0.0227. The number of carbonyl (C=O) groups excluding carboxylic acids is 2. The molecule has 0 aliphatic carbocycles. The highest BCUT2D eigenvalue weighted by Gasteiger charge is 2.10. The van der Waals surface area contributed by atoms with E-state index in [1.165, 1.54) is 46.3 Å². The zero-order valence-corrected chi connectivity index (χ0v) is 20.1. The van der Waals surface area contributed by atoms with Gasteiger partial charge in [-0.15, -0.1) is 22.9 Å². The van der Waals surface area contributed by atoms with Crippen LogP contribution in [0.2, 0.25) is 0 Å². The summed E-state index contributed by atoms with van der Waals surface area (Å²) in [7, 11) is 10.7. The van der Waals surface area contributed by atoms with Crippen LogP contribution in [0.15, 0.2) is 12.4 Å². The average molecular weight is 510 g/mol. The van der Waals surface area contributed by atoms with Crippen molar-refractivity contribution in [2.24, 2.45) is 0 Å². The molecule has 0 radical (unpaired) electrons. The summed E-state index contributed by atoms with van der Waals surface area (Å²) in [6.45, 7) is 2.95. The Morgan fingerprint density at radius 1 is 1.04 bits per heavy atom. The summed E-state index contributed by atoms with van der Waals surface area (Å²) in [6.07, 6.45) is 3.26. The van der Waals surface area contributed by atoms with Gasteiger partial charge in [0.15, 0.2) is 10.3 Å². The van der Waals surface area contributed by atoms with Crippen LogP contribution in [-0.2, 0) is 31.3 Å². The predicted molar refractivity (Wildman–Crippen MR) is 118 cm³/mol.